The highest BCUT2D eigenvalue weighted by atomic mass is 16.6. The molecule has 0 fully saturated rings. The number of nitro groups is 1. The Hall–Kier alpha value is -2.50. The SMILES string of the molecule is CC(C)Oc1cc(NC(C)c2ccco2)ccc1[N+](=O)[O-]. The lowest BCUT2D eigenvalue weighted by Crippen LogP contribution is -2.09. The van der Waals surface area contributed by atoms with E-state index in [2.05, 4.69) is 5.32 Å². The first-order valence-corrected chi connectivity index (χ1v) is 6.72. The third kappa shape index (κ3) is 3.75. The van der Waals surface area contributed by atoms with Gasteiger partial charge in [-0.15, -0.1) is 0 Å². The van der Waals surface area contributed by atoms with Gasteiger partial charge in [0, 0.05) is 17.8 Å². The van der Waals surface area contributed by atoms with Gasteiger partial charge in [-0.3, -0.25) is 10.1 Å². The van der Waals surface area contributed by atoms with E-state index in [0.29, 0.717) is 0 Å². The van der Waals surface area contributed by atoms with Gasteiger partial charge in [-0.05, 0) is 39.0 Å². The number of anilines is 1. The summed E-state index contributed by atoms with van der Waals surface area (Å²) in [5.74, 6) is 1.05. The second-order valence-electron chi connectivity index (χ2n) is 4.99. The van der Waals surface area contributed by atoms with Crippen LogP contribution in [0.25, 0.3) is 0 Å². The molecule has 0 saturated carbocycles. The molecule has 1 unspecified atom stereocenters. The predicted molar refractivity (Wildman–Crippen MR) is 79.6 cm³/mol. The molecule has 21 heavy (non-hydrogen) atoms. The van der Waals surface area contributed by atoms with Gasteiger partial charge in [0.2, 0.25) is 0 Å². The zero-order chi connectivity index (χ0) is 15.4. The molecule has 0 spiro atoms. The molecule has 1 N–H and O–H groups in total. The van der Waals surface area contributed by atoms with Crippen molar-refractivity contribution in [1.82, 2.24) is 0 Å². The summed E-state index contributed by atoms with van der Waals surface area (Å²) in [5, 5.41) is 14.2. The first-order chi connectivity index (χ1) is 9.97. The fourth-order valence-electron chi connectivity index (χ4n) is 1.96. The van der Waals surface area contributed by atoms with Crippen molar-refractivity contribution >= 4 is 11.4 Å². The van der Waals surface area contributed by atoms with Crippen LogP contribution < -0.4 is 10.1 Å². The highest BCUT2D eigenvalue weighted by molar-refractivity contribution is 5.58. The van der Waals surface area contributed by atoms with E-state index in [4.69, 9.17) is 9.15 Å². The Kier molecular flexibility index (Phi) is 4.47. The Bertz CT molecular complexity index is 608. The van der Waals surface area contributed by atoms with Crippen LogP contribution in [0.15, 0.2) is 41.0 Å². The van der Waals surface area contributed by atoms with Crippen LogP contribution in [0.2, 0.25) is 0 Å². The molecule has 0 radical (unpaired) electrons. The van der Waals surface area contributed by atoms with Gasteiger partial charge in [-0.2, -0.15) is 0 Å². The zero-order valence-electron chi connectivity index (χ0n) is 12.2. The molecule has 1 aromatic carbocycles. The summed E-state index contributed by atoms with van der Waals surface area (Å²) >= 11 is 0. The van der Waals surface area contributed by atoms with Crippen LogP contribution in [-0.4, -0.2) is 11.0 Å². The smallest absolute Gasteiger partial charge is 0.311 e. The molecule has 0 aliphatic carbocycles. The van der Waals surface area contributed by atoms with Crippen LogP contribution in [0.1, 0.15) is 32.6 Å². The second-order valence-corrected chi connectivity index (χ2v) is 4.99. The Morgan fingerprint density at radius 3 is 2.62 bits per heavy atom. The molecule has 2 rings (SSSR count). The van der Waals surface area contributed by atoms with Gasteiger partial charge in [0.05, 0.1) is 23.3 Å². The van der Waals surface area contributed by atoms with Crippen molar-refractivity contribution in [3.63, 3.8) is 0 Å². The summed E-state index contributed by atoms with van der Waals surface area (Å²) in [6.07, 6.45) is 1.47. The number of rotatable bonds is 6. The molecule has 0 saturated heterocycles. The summed E-state index contributed by atoms with van der Waals surface area (Å²) in [7, 11) is 0. The van der Waals surface area contributed by atoms with E-state index < -0.39 is 4.92 Å². The molecule has 0 aliphatic rings. The minimum Gasteiger partial charge on any atom is -0.484 e. The normalized spacial score (nSPS) is 12.2. The number of furan rings is 1. The maximum Gasteiger partial charge on any atom is 0.311 e. The maximum atomic E-state index is 11.0. The number of nitrogens with one attached hydrogen (secondary N) is 1. The molecule has 1 aromatic heterocycles. The van der Waals surface area contributed by atoms with E-state index in [1.165, 1.54) is 6.07 Å². The Labute approximate surface area is 122 Å². The van der Waals surface area contributed by atoms with E-state index in [9.17, 15) is 10.1 Å². The molecule has 112 valence electrons. The average molecular weight is 290 g/mol. The molecular weight excluding hydrogens is 272 g/mol. The molecule has 6 nitrogen and oxygen atoms in total. The Morgan fingerprint density at radius 1 is 1.29 bits per heavy atom. The van der Waals surface area contributed by atoms with E-state index >= 15 is 0 Å². The van der Waals surface area contributed by atoms with Crippen LogP contribution in [0, 0.1) is 10.1 Å². The van der Waals surface area contributed by atoms with Gasteiger partial charge in [-0.1, -0.05) is 0 Å². The summed E-state index contributed by atoms with van der Waals surface area (Å²) in [6.45, 7) is 5.60. The second kappa shape index (κ2) is 6.30. The highest BCUT2D eigenvalue weighted by Crippen LogP contribution is 2.32. The molecule has 6 heteroatoms. The summed E-state index contributed by atoms with van der Waals surface area (Å²) in [5.41, 5.74) is 0.694. The molecule has 0 bridgehead atoms. The van der Waals surface area contributed by atoms with Crippen molar-refractivity contribution in [1.29, 1.82) is 0 Å². The molecule has 1 heterocycles. The van der Waals surface area contributed by atoms with Gasteiger partial charge in [0.25, 0.3) is 0 Å². The summed E-state index contributed by atoms with van der Waals surface area (Å²) < 4.78 is 10.8. The lowest BCUT2D eigenvalue weighted by molar-refractivity contribution is -0.386. The van der Waals surface area contributed by atoms with Crippen molar-refractivity contribution in [3.8, 4) is 5.75 Å². The van der Waals surface area contributed by atoms with E-state index in [-0.39, 0.29) is 23.6 Å². The highest BCUT2D eigenvalue weighted by Gasteiger charge is 2.18. The number of hydrogen-bond acceptors (Lipinski definition) is 5. The number of ether oxygens (including phenoxy) is 1. The average Bonchev–Trinajstić information content (AvgIpc) is 2.91. The van der Waals surface area contributed by atoms with Crippen LogP contribution >= 0.6 is 0 Å². The van der Waals surface area contributed by atoms with Crippen LogP contribution in [0.3, 0.4) is 0 Å². The lowest BCUT2D eigenvalue weighted by atomic mass is 10.2. The fourth-order valence-corrected chi connectivity index (χ4v) is 1.96. The van der Waals surface area contributed by atoms with Gasteiger partial charge in [0.15, 0.2) is 5.75 Å². The quantitative estimate of drug-likeness (QED) is 0.638. The largest absolute Gasteiger partial charge is 0.484 e. The van der Waals surface area contributed by atoms with E-state index in [1.54, 1.807) is 18.4 Å². The van der Waals surface area contributed by atoms with Crippen molar-refractivity contribution in [2.45, 2.75) is 32.9 Å². The van der Waals surface area contributed by atoms with Crippen molar-refractivity contribution in [2.24, 2.45) is 0 Å². The molecule has 1 atom stereocenters. The third-order valence-electron chi connectivity index (χ3n) is 2.87. The topological polar surface area (TPSA) is 77.5 Å². The summed E-state index contributed by atoms with van der Waals surface area (Å²) in [4.78, 5) is 10.6. The molecular formula is C15H18N2O4. The van der Waals surface area contributed by atoms with Gasteiger partial charge < -0.3 is 14.5 Å². The number of nitrogens with zero attached hydrogens (tertiary/aromatic N) is 1. The zero-order valence-corrected chi connectivity index (χ0v) is 12.2. The standard InChI is InChI=1S/C15H18N2O4/c1-10(2)21-15-9-12(6-7-13(15)17(18)19)16-11(3)14-5-4-8-20-14/h4-11,16H,1-3H3. The first kappa shape index (κ1) is 14.9. The van der Waals surface area contributed by atoms with Crippen molar-refractivity contribution in [3.05, 3.63) is 52.5 Å². The van der Waals surface area contributed by atoms with E-state index in [0.717, 1.165) is 11.4 Å². The molecule has 2 aromatic rings. The third-order valence-corrected chi connectivity index (χ3v) is 2.87. The monoisotopic (exact) mass is 290 g/mol. The van der Waals surface area contributed by atoms with Gasteiger partial charge in [-0.25, -0.2) is 0 Å². The first-order valence-electron chi connectivity index (χ1n) is 6.72. The van der Waals surface area contributed by atoms with Crippen LogP contribution in [-0.2, 0) is 0 Å². The van der Waals surface area contributed by atoms with E-state index in [1.807, 2.05) is 32.9 Å². The van der Waals surface area contributed by atoms with Crippen LogP contribution in [0.4, 0.5) is 11.4 Å². The number of benzene rings is 1. The Balaban J connectivity index is 2.22. The maximum absolute atomic E-state index is 11.0. The van der Waals surface area contributed by atoms with Gasteiger partial charge >= 0.3 is 5.69 Å². The number of hydrogen-bond donors (Lipinski definition) is 1. The van der Waals surface area contributed by atoms with Crippen molar-refractivity contribution < 1.29 is 14.1 Å². The number of nitro benzene ring substituents is 1. The molecule has 0 amide bonds. The Morgan fingerprint density at radius 2 is 2.05 bits per heavy atom. The van der Waals surface area contributed by atoms with Crippen molar-refractivity contribution in [2.75, 3.05) is 5.32 Å². The van der Waals surface area contributed by atoms with Gasteiger partial charge in [0.1, 0.15) is 5.76 Å². The van der Waals surface area contributed by atoms with Crippen LogP contribution in [0.5, 0.6) is 5.75 Å². The fraction of sp³-hybridized carbons (Fsp3) is 0.333. The minimum atomic E-state index is -0.447. The predicted octanol–water partition coefficient (Wildman–Crippen LogP) is 4.15. The lowest BCUT2D eigenvalue weighted by Gasteiger charge is -2.15. The molecule has 0 aliphatic heterocycles. The minimum absolute atomic E-state index is 0.0418. The summed E-state index contributed by atoms with van der Waals surface area (Å²) in [6, 6.07) is 8.37.